The van der Waals surface area contributed by atoms with Crippen LogP contribution in [0.2, 0.25) is 0 Å². The molecule has 1 rings (SSSR count). The summed E-state index contributed by atoms with van der Waals surface area (Å²) in [6.07, 6.45) is 1.92. The number of benzene rings is 1. The molecule has 7 heteroatoms. The van der Waals surface area contributed by atoms with Gasteiger partial charge in [-0.3, -0.25) is 9.59 Å². The van der Waals surface area contributed by atoms with Crippen molar-refractivity contribution in [3.8, 4) is 5.75 Å². The molecule has 0 saturated carbocycles. The zero-order valence-corrected chi connectivity index (χ0v) is 11.7. The average molecular weight is 291 g/mol. The van der Waals surface area contributed by atoms with Crippen molar-refractivity contribution in [3.63, 3.8) is 0 Å². The first-order valence-electron chi connectivity index (χ1n) is 6.44. The van der Waals surface area contributed by atoms with Crippen molar-refractivity contribution in [2.24, 2.45) is 21.8 Å². The molecule has 2 N–H and O–H groups in total. The molecule has 112 valence electrons. The van der Waals surface area contributed by atoms with E-state index in [1.807, 2.05) is 0 Å². The van der Waals surface area contributed by atoms with Crippen LogP contribution in [0.5, 0.6) is 5.75 Å². The number of nitrogens with zero attached hydrogens (tertiary/aromatic N) is 2. The van der Waals surface area contributed by atoms with Gasteiger partial charge in [0.25, 0.3) is 5.91 Å². The molecule has 0 aliphatic rings. The highest BCUT2D eigenvalue weighted by Gasteiger charge is 2.16. The summed E-state index contributed by atoms with van der Waals surface area (Å²) < 4.78 is 5.39. The Labute approximate surface area is 122 Å². The van der Waals surface area contributed by atoms with Crippen LogP contribution < -0.4 is 10.5 Å². The Kier molecular flexibility index (Phi) is 6.73. The number of rotatable bonds is 8. The molecule has 0 saturated heterocycles. The molecule has 0 fully saturated rings. The number of amides is 2. The SMILES string of the molecule is C[C@@H](C(N)=O)C(=O)/N=C/c1ccc(OCCCN=O)cc1. The van der Waals surface area contributed by atoms with Crippen molar-refractivity contribution >= 4 is 18.0 Å². The fraction of sp³-hybridized carbons (Fsp3) is 0.357. The molecule has 0 bridgehead atoms. The van der Waals surface area contributed by atoms with Crippen LogP contribution in [-0.4, -0.2) is 31.2 Å². The van der Waals surface area contributed by atoms with Crippen molar-refractivity contribution in [1.29, 1.82) is 0 Å². The minimum absolute atomic E-state index is 0.227. The van der Waals surface area contributed by atoms with Crippen LogP contribution in [0.4, 0.5) is 0 Å². The maximum absolute atomic E-state index is 11.5. The Morgan fingerprint density at radius 1 is 1.33 bits per heavy atom. The van der Waals surface area contributed by atoms with E-state index in [-0.39, 0.29) is 6.54 Å². The number of carbonyl (C=O) groups excluding carboxylic acids is 2. The Balaban J connectivity index is 2.52. The van der Waals surface area contributed by atoms with Gasteiger partial charge in [-0.05, 0) is 36.8 Å². The van der Waals surface area contributed by atoms with E-state index in [2.05, 4.69) is 10.2 Å². The summed E-state index contributed by atoms with van der Waals surface area (Å²) in [7, 11) is 0. The number of hydrogen-bond acceptors (Lipinski definition) is 5. The lowest BCUT2D eigenvalue weighted by Gasteiger charge is -2.04. The number of ether oxygens (including phenoxy) is 1. The van der Waals surface area contributed by atoms with Crippen LogP contribution in [-0.2, 0) is 9.59 Å². The van der Waals surface area contributed by atoms with Crippen LogP contribution in [0.1, 0.15) is 18.9 Å². The smallest absolute Gasteiger partial charge is 0.257 e. The second kappa shape index (κ2) is 8.57. The third-order valence-electron chi connectivity index (χ3n) is 2.68. The molecule has 1 aromatic carbocycles. The second-order valence-corrected chi connectivity index (χ2v) is 4.34. The Hall–Kier alpha value is -2.57. The van der Waals surface area contributed by atoms with Crippen molar-refractivity contribution in [2.75, 3.05) is 13.2 Å². The Bertz CT molecular complexity index is 526. The first kappa shape index (κ1) is 16.5. The standard InChI is InChI=1S/C14H17N3O4/c1-10(13(15)18)14(19)16-9-11-3-5-12(6-4-11)21-8-2-7-17-20/h3-6,9-10H,2,7-8H2,1H3,(H2,15,18)/b16-9+/t10-/m0/s1. The van der Waals surface area contributed by atoms with Crippen LogP contribution >= 0.6 is 0 Å². The number of hydrogen-bond donors (Lipinski definition) is 1. The third-order valence-corrected chi connectivity index (χ3v) is 2.68. The molecular formula is C14H17N3O4. The second-order valence-electron chi connectivity index (χ2n) is 4.34. The maximum Gasteiger partial charge on any atom is 0.257 e. The van der Waals surface area contributed by atoms with Crippen LogP contribution in [0.15, 0.2) is 34.4 Å². The highest BCUT2D eigenvalue weighted by molar-refractivity contribution is 6.03. The summed E-state index contributed by atoms with van der Waals surface area (Å²) in [4.78, 5) is 35.9. The fourth-order valence-electron chi connectivity index (χ4n) is 1.34. The van der Waals surface area contributed by atoms with E-state index < -0.39 is 17.7 Å². The molecule has 2 amide bonds. The van der Waals surface area contributed by atoms with Gasteiger partial charge in [0.2, 0.25) is 5.91 Å². The molecule has 0 aliphatic heterocycles. The minimum atomic E-state index is -0.935. The first-order chi connectivity index (χ1) is 10.0. The third kappa shape index (κ3) is 5.94. The maximum atomic E-state index is 11.5. The largest absolute Gasteiger partial charge is 0.494 e. The number of nitroso groups, excluding NO2 is 1. The lowest BCUT2D eigenvalue weighted by Crippen LogP contribution is -2.26. The molecule has 0 unspecified atom stereocenters. The van der Waals surface area contributed by atoms with Crippen molar-refractivity contribution in [2.45, 2.75) is 13.3 Å². The van der Waals surface area contributed by atoms with E-state index in [4.69, 9.17) is 10.5 Å². The Morgan fingerprint density at radius 2 is 2.00 bits per heavy atom. The monoisotopic (exact) mass is 291 g/mol. The van der Waals surface area contributed by atoms with Crippen LogP contribution in [0, 0.1) is 10.8 Å². The van der Waals surface area contributed by atoms with Gasteiger partial charge in [-0.25, -0.2) is 4.99 Å². The van der Waals surface area contributed by atoms with E-state index in [0.29, 0.717) is 24.3 Å². The molecule has 1 atom stereocenters. The number of primary amides is 1. The van der Waals surface area contributed by atoms with Gasteiger partial charge in [0.1, 0.15) is 11.7 Å². The van der Waals surface area contributed by atoms with E-state index in [9.17, 15) is 14.5 Å². The van der Waals surface area contributed by atoms with Crippen molar-refractivity contribution in [1.82, 2.24) is 0 Å². The van der Waals surface area contributed by atoms with Gasteiger partial charge in [0.15, 0.2) is 0 Å². The zero-order valence-electron chi connectivity index (χ0n) is 11.7. The molecule has 7 nitrogen and oxygen atoms in total. The topological polar surface area (TPSA) is 111 Å². The summed E-state index contributed by atoms with van der Waals surface area (Å²) >= 11 is 0. The predicted octanol–water partition coefficient (Wildman–Crippen LogP) is 1.29. The molecule has 0 aromatic heterocycles. The number of nitrogens with two attached hydrogens (primary N) is 1. The van der Waals surface area contributed by atoms with E-state index in [1.54, 1.807) is 24.3 Å². The fourth-order valence-corrected chi connectivity index (χ4v) is 1.34. The van der Waals surface area contributed by atoms with Gasteiger partial charge >= 0.3 is 0 Å². The van der Waals surface area contributed by atoms with Crippen LogP contribution in [0.3, 0.4) is 0 Å². The van der Waals surface area contributed by atoms with Crippen molar-refractivity contribution < 1.29 is 14.3 Å². The van der Waals surface area contributed by atoms with Crippen molar-refractivity contribution in [3.05, 3.63) is 34.7 Å². The average Bonchev–Trinajstić information content (AvgIpc) is 2.49. The van der Waals surface area contributed by atoms with E-state index in [1.165, 1.54) is 13.1 Å². The van der Waals surface area contributed by atoms with Gasteiger partial charge in [-0.15, -0.1) is 0 Å². The van der Waals surface area contributed by atoms with E-state index >= 15 is 0 Å². The van der Waals surface area contributed by atoms with Crippen LogP contribution in [0.25, 0.3) is 0 Å². The molecular weight excluding hydrogens is 274 g/mol. The normalized spacial score (nSPS) is 12.0. The molecule has 0 heterocycles. The zero-order chi connectivity index (χ0) is 15.7. The van der Waals surface area contributed by atoms with Gasteiger partial charge in [-0.1, -0.05) is 5.18 Å². The summed E-state index contributed by atoms with van der Waals surface area (Å²) in [5.41, 5.74) is 5.71. The molecule has 0 radical (unpaired) electrons. The van der Waals surface area contributed by atoms with E-state index in [0.717, 1.165) is 0 Å². The molecule has 1 aromatic rings. The molecule has 21 heavy (non-hydrogen) atoms. The summed E-state index contributed by atoms with van der Waals surface area (Å²) in [5.74, 6) is -1.57. The van der Waals surface area contributed by atoms with Gasteiger partial charge in [0, 0.05) is 12.6 Å². The lowest BCUT2D eigenvalue weighted by atomic mass is 10.1. The quantitative estimate of drug-likeness (QED) is 0.336. The predicted molar refractivity (Wildman–Crippen MR) is 78.2 cm³/mol. The minimum Gasteiger partial charge on any atom is -0.494 e. The first-order valence-corrected chi connectivity index (χ1v) is 6.44. The summed E-state index contributed by atoms with van der Waals surface area (Å²) in [5, 5.41) is 2.74. The summed E-state index contributed by atoms with van der Waals surface area (Å²) in [6.45, 7) is 2.05. The highest BCUT2D eigenvalue weighted by atomic mass is 16.5. The Morgan fingerprint density at radius 3 is 2.57 bits per heavy atom. The van der Waals surface area contributed by atoms with Gasteiger partial charge in [-0.2, -0.15) is 4.91 Å². The number of aliphatic imine (C=N–C) groups is 1. The lowest BCUT2D eigenvalue weighted by molar-refractivity contribution is -0.130. The number of carbonyl (C=O) groups is 2. The summed E-state index contributed by atoms with van der Waals surface area (Å²) in [6, 6.07) is 6.88. The molecule has 0 spiro atoms. The van der Waals surface area contributed by atoms with Gasteiger partial charge < -0.3 is 10.5 Å². The highest BCUT2D eigenvalue weighted by Crippen LogP contribution is 2.11. The molecule has 0 aliphatic carbocycles. The van der Waals surface area contributed by atoms with Gasteiger partial charge in [0.05, 0.1) is 13.2 Å².